The smallest absolute Gasteiger partial charge is 0.150 e. The number of carbonyl (C=O) groups is 1. The van der Waals surface area contributed by atoms with E-state index in [0.717, 1.165) is 34.2 Å². The highest BCUT2D eigenvalue weighted by molar-refractivity contribution is 5.92. The van der Waals surface area contributed by atoms with Gasteiger partial charge in [0.15, 0.2) is 6.29 Å². The predicted molar refractivity (Wildman–Crippen MR) is 75.7 cm³/mol. The minimum Gasteiger partial charge on any atom is -0.497 e. The van der Waals surface area contributed by atoms with Crippen LogP contribution in [0, 0.1) is 0 Å². The summed E-state index contributed by atoms with van der Waals surface area (Å²) in [7, 11) is 1.65. The van der Waals surface area contributed by atoms with Gasteiger partial charge in [0.05, 0.1) is 7.11 Å². The zero-order valence-electron chi connectivity index (χ0n) is 10.5. The molecule has 0 aliphatic carbocycles. The number of carbonyl (C=O) groups excluding carboxylic acids is 1. The van der Waals surface area contributed by atoms with E-state index in [1.165, 1.54) is 0 Å². The summed E-state index contributed by atoms with van der Waals surface area (Å²) >= 11 is 0. The third kappa shape index (κ3) is 1.99. The van der Waals surface area contributed by atoms with Crippen molar-refractivity contribution in [2.24, 2.45) is 0 Å². The van der Waals surface area contributed by atoms with Gasteiger partial charge in [-0.05, 0) is 24.3 Å². The lowest BCUT2D eigenvalue weighted by molar-refractivity contribution is 0.112. The van der Waals surface area contributed by atoms with Gasteiger partial charge < -0.3 is 9.72 Å². The van der Waals surface area contributed by atoms with Crippen LogP contribution in [0.15, 0.2) is 48.5 Å². The van der Waals surface area contributed by atoms with E-state index in [1.54, 1.807) is 7.11 Å². The van der Waals surface area contributed by atoms with Crippen LogP contribution < -0.4 is 4.74 Å². The summed E-state index contributed by atoms with van der Waals surface area (Å²) in [4.78, 5) is 14.4. The highest BCUT2D eigenvalue weighted by Crippen LogP contribution is 2.28. The van der Waals surface area contributed by atoms with Crippen molar-refractivity contribution in [1.82, 2.24) is 4.98 Å². The molecule has 1 aromatic heterocycles. The number of hydrogen-bond acceptors (Lipinski definition) is 2. The highest BCUT2D eigenvalue weighted by Gasteiger charge is 2.07. The molecule has 3 nitrogen and oxygen atoms in total. The van der Waals surface area contributed by atoms with E-state index in [0.29, 0.717) is 5.56 Å². The first-order valence-electron chi connectivity index (χ1n) is 6.03. The van der Waals surface area contributed by atoms with Crippen LogP contribution >= 0.6 is 0 Å². The van der Waals surface area contributed by atoms with Gasteiger partial charge >= 0.3 is 0 Å². The molecular formula is C16H13NO2. The van der Waals surface area contributed by atoms with Crippen LogP contribution in [-0.2, 0) is 0 Å². The van der Waals surface area contributed by atoms with Crippen molar-refractivity contribution in [2.75, 3.05) is 7.11 Å². The van der Waals surface area contributed by atoms with E-state index in [2.05, 4.69) is 4.98 Å². The lowest BCUT2D eigenvalue weighted by Crippen LogP contribution is -1.86. The number of benzene rings is 2. The Bertz CT molecular complexity index is 743. The van der Waals surface area contributed by atoms with Gasteiger partial charge in [-0.15, -0.1) is 0 Å². The Balaban J connectivity index is 2.17. The first-order valence-corrected chi connectivity index (χ1v) is 6.03. The van der Waals surface area contributed by atoms with Crippen molar-refractivity contribution in [3.05, 3.63) is 54.1 Å². The molecule has 3 rings (SSSR count). The maximum Gasteiger partial charge on any atom is 0.150 e. The van der Waals surface area contributed by atoms with Gasteiger partial charge in [0.2, 0.25) is 0 Å². The van der Waals surface area contributed by atoms with Gasteiger partial charge in [-0.3, -0.25) is 4.79 Å². The van der Waals surface area contributed by atoms with Crippen molar-refractivity contribution in [1.29, 1.82) is 0 Å². The third-order valence-corrected chi connectivity index (χ3v) is 3.21. The number of aldehydes is 1. The van der Waals surface area contributed by atoms with E-state index in [1.807, 2.05) is 48.5 Å². The maximum absolute atomic E-state index is 11.1. The van der Waals surface area contributed by atoms with Gasteiger partial charge in [-0.1, -0.05) is 24.3 Å². The van der Waals surface area contributed by atoms with Crippen LogP contribution in [0.4, 0.5) is 0 Å². The summed E-state index contributed by atoms with van der Waals surface area (Å²) in [6.45, 7) is 0. The topological polar surface area (TPSA) is 42.1 Å². The summed E-state index contributed by atoms with van der Waals surface area (Å²) in [5, 5.41) is 1.06. The monoisotopic (exact) mass is 251 g/mol. The SMILES string of the molecule is COc1ccc2[nH]c(-c3ccccc3C=O)cc2c1. The van der Waals surface area contributed by atoms with Crippen LogP contribution in [0.1, 0.15) is 10.4 Å². The van der Waals surface area contributed by atoms with E-state index in [-0.39, 0.29) is 0 Å². The largest absolute Gasteiger partial charge is 0.497 e. The fraction of sp³-hybridized carbons (Fsp3) is 0.0625. The maximum atomic E-state index is 11.1. The number of H-pyrrole nitrogens is 1. The molecule has 94 valence electrons. The number of nitrogens with one attached hydrogen (secondary N) is 1. The molecule has 0 radical (unpaired) electrons. The van der Waals surface area contributed by atoms with Crippen LogP contribution in [0.2, 0.25) is 0 Å². The van der Waals surface area contributed by atoms with E-state index in [9.17, 15) is 4.79 Å². The van der Waals surface area contributed by atoms with Gasteiger partial charge in [-0.25, -0.2) is 0 Å². The van der Waals surface area contributed by atoms with Crippen molar-refractivity contribution < 1.29 is 9.53 Å². The standard InChI is InChI=1S/C16H13NO2/c1-19-13-6-7-15-12(8-13)9-16(17-15)14-5-3-2-4-11(14)10-18/h2-10,17H,1H3. The first kappa shape index (κ1) is 11.5. The van der Waals surface area contributed by atoms with E-state index in [4.69, 9.17) is 4.74 Å². The minimum absolute atomic E-state index is 0.682. The summed E-state index contributed by atoms with van der Waals surface area (Å²) in [5.41, 5.74) is 3.55. The molecule has 0 unspecified atom stereocenters. The Morgan fingerprint density at radius 3 is 2.74 bits per heavy atom. The van der Waals surface area contributed by atoms with E-state index < -0.39 is 0 Å². The van der Waals surface area contributed by atoms with Crippen LogP contribution in [0.3, 0.4) is 0 Å². The second-order valence-electron chi connectivity index (χ2n) is 4.34. The molecular weight excluding hydrogens is 238 g/mol. The average Bonchev–Trinajstić information content (AvgIpc) is 2.89. The lowest BCUT2D eigenvalue weighted by Gasteiger charge is -2.00. The van der Waals surface area contributed by atoms with Crippen LogP contribution in [0.5, 0.6) is 5.75 Å². The summed E-state index contributed by atoms with van der Waals surface area (Å²) < 4.78 is 5.21. The van der Waals surface area contributed by atoms with Gasteiger partial charge in [0.25, 0.3) is 0 Å². The molecule has 2 aromatic carbocycles. The summed E-state index contributed by atoms with van der Waals surface area (Å²) in [6.07, 6.45) is 0.876. The number of methoxy groups -OCH3 is 1. The lowest BCUT2D eigenvalue weighted by atomic mass is 10.1. The van der Waals surface area contributed by atoms with Gasteiger partial charge in [0, 0.05) is 27.7 Å². The molecule has 0 atom stereocenters. The predicted octanol–water partition coefficient (Wildman–Crippen LogP) is 3.66. The molecule has 3 aromatic rings. The third-order valence-electron chi connectivity index (χ3n) is 3.21. The fourth-order valence-corrected chi connectivity index (χ4v) is 2.23. The molecule has 3 heteroatoms. The molecule has 0 amide bonds. The van der Waals surface area contributed by atoms with Crippen molar-refractivity contribution >= 4 is 17.2 Å². The zero-order valence-corrected chi connectivity index (χ0v) is 10.5. The number of fused-ring (bicyclic) bond motifs is 1. The van der Waals surface area contributed by atoms with Gasteiger partial charge in [-0.2, -0.15) is 0 Å². The number of hydrogen-bond donors (Lipinski definition) is 1. The zero-order chi connectivity index (χ0) is 13.2. The Morgan fingerprint density at radius 1 is 1.11 bits per heavy atom. The Kier molecular flexibility index (Phi) is 2.80. The van der Waals surface area contributed by atoms with Crippen LogP contribution in [-0.4, -0.2) is 18.4 Å². The molecule has 1 heterocycles. The molecule has 0 fully saturated rings. The molecule has 0 spiro atoms. The summed E-state index contributed by atoms with van der Waals surface area (Å²) in [6, 6.07) is 15.4. The number of aromatic nitrogens is 1. The quantitative estimate of drug-likeness (QED) is 0.722. The second-order valence-corrected chi connectivity index (χ2v) is 4.34. The normalized spacial score (nSPS) is 10.6. The molecule has 0 saturated heterocycles. The first-order chi connectivity index (χ1) is 9.31. The minimum atomic E-state index is 0.682. The molecule has 1 N–H and O–H groups in total. The molecule has 19 heavy (non-hydrogen) atoms. The Labute approximate surface area is 110 Å². The Morgan fingerprint density at radius 2 is 1.95 bits per heavy atom. The number of rotatable bonds is 3. The molecule has 0 bridgehead atoms. The van der Waals surface area contributed by atoms with Crippen molar-refractivity contribution in [3.63, 3.8) is 0 Å². The highest BCUT2D eigenvalue weighted by atomic mass is 16.5. The van der Waals surface area contributed by atoms with Crippen molar-refractivity contribution in [2.45, 2.75) is 0 Å². The van der Waals surface area contributed by atoms with Crippen LogP contribution in [0.25, 0.3) is 22.2 Å². The molecule has 0 aliphatic heterocycles. The second kappa shape index (κ2) is 4.61. The van der Waals surface area contributed by atoms with E-state index >= 15 is 0 Å². The number of aromatic amines is 1. The van der Waals surface area contributed by atoms with Crippen molar-refractivity contribution in [3.8, 4) is 17.0 Å². The van der Waals surface area contributed by atoms with Gasteiger partial charge in [0.1, 0.15) is 5.75 Å². The summed E-state index contributed by atoms with van der Waals surface area (Å²) in [5.74, 6) is 0.821. The average molecular weight is 251 g/mol. The number of ether oxygens (including phenoxy) is 1. The Hall–Kier alpha value is -2.55. The molecule has 0 saturated carbocycles. The fourth-order valence-electron chi connectivity index (χ4n) is 2.23. The molecule has 0 aliphatic rings.